The molecular formula is C14H14Br2N2O3. The van der Waals surface area contributed by atoms with Crippen LogP contribution in [0.3, 0.4) is 0 Å². The van der Waals surface area contributed by atoms with Gasteiger partial charge in [0.1, 0.15) is 17.9 Å². The van der Waals surface area contributed by atoms with Gasteiger partial charge in [0.2, 0.25) is 0 Å². The molecule has 0 radical (unpaired) electrons. The molecule has 1 aromatic heterocycles. The zero-order chi connectivity index (χ0) is 15.6. The maximum absolute atomic E-state index is 11.2. The lowest BCUT2D eigenvalue weighted by molar-refractivity contribution is 0.0691. The molecule has 0 aliphatic carbocycles. The summed E-state index contributed by atoms with van der Waals surface area (Å²) in [6, 6.07) is 4.91. The van der Waals surface area contributed by atoms with Gasteiger partial charge >= 0.3 is 5.97 Å². The third kappa shape index (κ3) is 3.47. The van der Waals surface area contributed by atoms with Crippen molar-refractivity contribution in [2.75, 3.05) is 0 Å². The van der Waals surface area contributed by atoms with Crippen molar-refractivity contribution in [2.24, 2.45) is 7.05 Å². The summed E-state index contributed by atoms with van der Waals surface area (Å²) in [6.45, 7) is 2.26. The number of aromatic nitrogens is 2. The Kier molecular flexibility index (Phi) is 5.05. The highest BCUT2D eigenvalue weighted by atomic mass is 79.9. The van der Waals surface area contributed by atoms with Crippen LogP contribution >= 0.6 is 31.9 Å². The number of benzene rings is 1. The van der Waals surface area contributed by atoms with Crippen LogP contribution in [0.4, 0.5) is 0 Å². The summed E-state index contributed by atoms with van der Waals surface area (Å²) in [7, 11) is 1.84. The minimum atomic E-state index is -1.02. The lowest BCUT2D eigenvalue weighted by Gasteiger charge is -2.10. The van der Waals surface area contributed by atoms with Gasteiger partial charge in [0.05, 0.1) is 15.9 Å². The highest BCUT2D eigenvalue weighted by molar-refractivity contribution is 9.10. The number of nitrogens with zero attached hydrogens (tertiary/aromatic N) is 2. The van der Waals surface area contributed by atoms with Gasteiger partial charge in [0.25, 0.3) is 0 Å². The maximum Gasteiger partial charge on any atom is 0.339 e. The second kappa shape index (κ2) is 6.62. The van der Waals surface area contributed by atoms with Gasteiger partial charge in [0.15, 0.2) is 0 Å². The van der Waals surface area contributed by atoms with E-state index in [9.17, 15) is 9.90 Å². The van der Waals surface area contributed by atoms with Gasteiger partial charge in [-0.1, -0.05) is 22.9 Å². The molecule has 1 N–H and O–H groups in total. The van der Waals surface area contributed by atoms with Crippen LogP contribution in [0.2, 0.25) is 0 Å². The molecular weight excluding hydrogens is 404 g/mol. The van der Waals surface area contributed by atoms with Gasteiger partial charge in [-0.15, -0.1) is 0 Å². The second-order valence-corrected chi connectivity index (χ2v) is 6.13. The Morgan fingerprint density at radius 2 is 2.14 bits per heavy atom. The molecule has 0 amide bonds. The molecule has 5 nitrogen and oxygen atoms in total. The molecule has 2 rings (SSSR count). The number of rotatable bonds is 5. The molecule has 1 aromatic carbocycles. The zero-order valence-corrected chi connectivity index (χ0v) is 14.7. The van der Waals surface area contributed by atoms with E-state index in [2.05, 4.69) is 37.0 Å². The number of aromatic carboxylic acids is 1. The van der Waals surface area contributed by atoms with Gasteiger partial charge in [0, 0.05) is 11.5 Å². The van der Waals surface area contributed by atoms with Gasteiger partial charge < -0.3 is 9.84 Å². The molecule has 1 heterocycles. The molecule has 0 spiro atoms. The molecule has 0 unspecified atom stereocenters. The number of carboxylic acid groups (broad SMARTS) is 1. The Balaban J connectivity index is 2.25. The van der Waals surface area contributed by atoms with Crippen molar-refractivity contribution in [1.82, 2.24) is 9.78 Å². The van der Waals surface area contributed by atoms with E-state index < -0.39 is 5.97 Å². The number of aryl methyl sites for hydroxylation is 2. The van der Waals surface area contributed by atoms with E-state index in [1.165, 1.54) is 6.07 Å². The molecule has 0 saturated heterocycles. The Labute approximate surface area is 139 Å². The van der Waals surface area contributed by atoms with E-state index in [1.807, 2.05) is 14.0 Å². The molecule has 2 aromatic rings. The zero-order valence-electron chi connectivity index (χ0n) is 11.6. The van der Waals surface area contributed by atoms with Crippen molar-refractivity contribution < 1.29 is 14.6 Å². The number of hydrogen-bond acceptors (Lipinski definition) is 3. The molecule has 21 heavy (non-hydrogen) atoms. The van der Waals surface area contributed by atoms with E-state index in [1.54, 1.807) is 16.8 Å². The molecule has 7 heteroatoms. The minimum absolute atomic E-state index is 0.124. The third-order valence-corrected chi connectivity index (χ3v) is 4.45. The predicted octanol–water partition coefficient (Wildman–Crippen LogP) is 3.78. The largest absolute Gasteiger partial charge is 0.486 e. The molecule has 0 bridgehead atoms. The molecule has 0 aliphatic rings. The Morgan fingerprint density at radius 1 is 1.43 bits per heavy atom. The van der Waals surface area contributed by atoms with Crippen molar-refractivity contribution in [3.63, 3.8) is 0 Å². The average molecular weight is 418 g/mol. The van der Waals surface area contributed by atoms with Crippen LogP contribution in [0.1, 0.15) is 28.7 Å². The van der Waals surface area contributed by atoms with Crippen molar-refractivity contribution in [2.45, 2.75) is 20.0 Å². The van der Waals surface area contributed by atoms with Crippen LogP contribution in [-0.4, -0.2) is 20.9 Å². The standard InChI is InChI=1S/C14H14Br2N2O3/c1-3-10-13(16)11(18(2)17-10)7-21-12-5-4-8(15)6-9(12)14(19)20/h4-6H,3,7H2,1-2H3,(H,19,20). The lowest BCUT2D eigenvalue weighted by Crippen LogP contribution is -2.07. The first-order valence-corrected chi connectivity index (χ1v) is 7.88. The Hall–Kier alpha value is -1.34. The van der Waals surface area contributed by atoms with Crippen LogP contribution in [-0.2, 0) is 20.1 Å². The fourth-order valence-corrected chi connectivity index (χ4v) is 3.01. The van der Waals surface area contributed by atoms with Crippen LogP contribution in [0.15, 0.2) is 27.1 Å². The second-order valence-electron chi connectivity index (χ2n) is 4.42. The number of carboxylic acids is 1. The van der Waals surface area contributed by atoms with Crippen LogP contribution in [0.25, 0.3) is 0 Å². The summed E-state index contributed by atoms with van der Waals surface area (Å²) < 4.78 is 9.01. The summed E-state index contributed by atoms with van der Waals surface area (Å²) in [5.41, 5.74) is 1.94. The Bertz CT molecular complexity index is 683. The number of hydrogen-bond donors (Lipinski definition) is 1. The summed E-state index contributed by atoms with van der Waals surface area (Å²) in [5, 5.41) is 13.6. The average Bonchev–Trinajstić information content (AvgIpc) is 2.72. The highest BCUT2D eigenvalue weighted by Crippen LogP contribution is 2.26. The van der Waals surface area contributed by atoms with Crippen molar-refractivity contribution in [1.29, 1.82) is 0 Å². The monoisotopic (exact) mass is 416 g/mol. The van der Waals surface area contributed by atoms with Gasteiger partial charge in [-0.3, -0.25) is 4.68 Å². The van der Waals surface area contributed by atoms with Crippen LogP contribution in [0.5, 0.6) is 5.75 Å². The minimum Gasteiger partial charge on any atom is -0.486 e. The quantitative estimate of drug-likeness (QED) is 0.803. The maximum atomic E-state index is 11.2. The first kappa shape index (κ1) is 16.0. The van der Waals surface area contributed by atoms with Gasteiger partial charge in [-0.25, -0.2) is 4.79 Å². The van der Waals surface area contributed by atoms with Gasteiger partial charge in [-0.2, -0.15) is 5.10 Å². The molecule has 0 atom stereocenters. The van der Waals surface area contributed by atoms with Crippen molar-refractivity contribution in [3.8, 4) is 5.75 Å². The summed E-state index contributed by atoms with van der Waals surface area (Å²) in [4.78, 5) is 11.2. The predicted molar refractivity (Wildman–Crippen MR) is 85.7 cm³/mol. The van der Waals surface area contributed by atoms with Crippen LogP contribution < -0.4 is 4.74 Å². The number of carbonyl (C=O) groups is 1. The normalized spacial score (nSPS) is 10.7. The number of ether oxygens (including phenoxy) is 1. The van der Waals surface area contributed by atoms with Gasteiger partial charge in [-0.05, 0) is 40.5 Å². The van der Waals surface area contributed by atoms with E-state index in [0.717, 1.165) is 22.3 Å². The molecule has 0 aliphatic heterocycles. The fourth-order valence-electron chi connectivity index (χ4n) is 1.92. The highest BCUT2D eigenvalue weighted by Gasteiger charge is 2.16. The molecule has 112 valence electrons. The number of halogens is 2. The fraction of sp³-hybridized carbons (Fsp3) is 0.286. The Morgan fingerprint density at radius 3 is 2.71 bits per heavy atom. The molecule has 0 saturated carbocycles. The topological polar surface area (TPSA) is 64.4 Å². The summed E-state index contributed by atoms with van der Waals surface area (Å²) >= 11 is 6.76. The summed E-state index contributed by atoms with van der Waals surface area (Å²) in [5.74, 6) is -0.693. The van der Waals surface area contributed by atoms with Crippen LogP contribution in [0, 0.1) is 0 Å². The first-order chi connectivity index (χ1) is 9.93. The smallest absolute Gasteiger partial charge is 0.339 e. The van der Waals surface area contributed by atoms with E-state index in [4.69, 9.17) is 4.74 Å². The SMILES string of the molecule is CCc1nn(C)c(COc2ccc(Br)cc2C(=O)O)c1Br. The van der Waals surface area contributed by atoms with Crippen molar-refractivity contribution in [3.05, 3.63) is 44.1 Å². The summed E-state index contributed by atoms with van der Waals surface area (Å²) in [6.07, 6.45) is 0.813. The lowest BCUT2D eigenvalue weighted by atomic mass is 10.2. The van der Waals surface area contributed by atoms with Crippen molar-refractivity contribution >= 4 is 37.8 Å². The third-order valence-electron chi connectivity index (χ3n) is 3.04. The first-order valence-electron chi connectivity index (χ1n) is 6.30. The molecule has 0 fully saturated rings. The van der Waals surface area contributed by atoms with E-state index in [0.29, 0.717) is 10.2 Å². The van der Waals surface area contributed by atoms with E-state index >= 15 is 0 Å². The van der Waals surface area contributed by atoms with E-state index in [-0.39, 0.29) is 12.2 Å².